The Labute approximate surface area is 244 Å². The molecule has 0 bridgehead atoms. The van der Waals surface area contributed by atoms with E-state index >= 15 is 0 Å². The molecule has 0 aromatic heterocycles. The highest BCUT2D eigenvalue weighted by Crippen LogP contribution is 2.33. The molecule has 1 aliphatic heterocycles. The minimum absolute atomic E-state index is 0.181. The lowest BCUT2D eigenvalue weighted by molar-refractivity contribution is -0.385. The summed E-state index contributed by atoms with van der Waals surface area (Å²) in [6.45, 7) is 4.48. The topological polar surface area (TPSA) is 113 Å². The zero-order chi connectivity index (χ0) is 29.0. The van der Waals surface area contributed by atoms with E-state index in [0.717, 1.165) is 62.3 Å². The number of allylic oxidation sites excluding steroid dienone is 1. The van der Waals surface area contributed by atoms with Crippen LogP contribution in [0.5, 0.6) is 0 Å². The van der Waals surface area contributed by atoms with E-state index in [2.05, 4.69) is 21.9 Å². The van der Waals surface area contributed by atoms with Gasteiger partial charge in [-0.2, -0.15) is 0 Å². The van der Waals surface area contributed by atoms with Gasteiger partial charge in [0.25, 0.3) is 21.6 Å². The van der Waals surface area contributed by atoms with Gasteiger partial charge in [-0.3, -0.25) is 19.8 Å². The van der Waals surface area contributed by atoms with Gasteiger partial charge in [0.1, 0.15) is 0 Å². The fraction of sp³-hybridized carbons (Fsp3) is 0.300. The fourth-order valence-electron chi connectivity index (χ4n) is 5.40. The SMILES string of the molecule is O=C(NS(=O)(=O)c1cccc([N+](=O)[O-])c1)c1ccc(N2CCN(CC3=C(c4ccc(Cl)cc4)CCCC3)CC2)cc1. The molecule has 41 heavy (non-hydrogen) atoms. The van der Waals surface area contributed by atoms with E-state index in [1.165, 1.54) is 47.8 Å². The van der Waals surface area contributed by atoms with Gasteiger partial charge in [-0.1, -0.05) is 35.4 Å². The number of rotatable bonds is 8. The zero-order valence-electron chi connectivity index (χ0n) is 22.5. The summed E-state index contributed by atoms with van der Waals surface area (Å²) in [5.41, 5.74) is 5.01. The first kappa shape index (κ1) is 28.8. The predicted octanol–water partition coefficient (Wildman–Crippen LogP) is 5.52. The molecule has 1 amide bonds. The summed E-state index contributed by atoms with van der Waals surface area (Å²) in [6.07, 6.45) is 4.66. The van der Waals surface area contributed by atoms with Crippen molar-refractivity contribution >= 4 is 44.5 Å². The molecule has 1 saturated heterocycles. The Kier molecular flexibility index (Phi) is 8.72. The summed E-state index contributed by atoms with van der Waals surface area (Å²) in [5, 5.41) is 11.7. The Hall–Kier alpha value is -3.73. The van der Waals surface area contributed by atoms with Crippen molar-refractivity contribution in [1.82, 2.24) is 9.62 Å². The van der Waals surface area contributed by atoms with Crippen molar-refractivity contribution in [2.24, 2.45) is 0 Å². The molecule has 1 heterocycles. The number of carbonyl (C=O) groups excluding carboxylic acids is 1. The highest BCUT2D eigenvalue weighted by atomic mass is 35.5. The molecule has 2 aliphatic rings. The Morgan fingerprint density at radius 2 is 1.61 bits per heavy atom. The second kappa shape index (κ2) is 12.4. The van der Waals surface area contributed by atoms with E-state index in [9.17, 15) is 23.3 Å². The van der Waals surface area contributed by atoms with Gasteiger partial charge in [0.2, 0.25) is 0 Å². The maximum atomic E-state index is 12.7. The molecule has 1 fully saturated rings. The van der Waals surface area contributed by atoms with E-state index in [-0.39, 0.29) is 16.1 Å². The van der Waals surface area contributed by atoms with Gasteiger partial charge >= 0.3 is 0 Å². The highest BCUT2D eigenvalue weighted by Gasteiger charge is 2.23. The van der Waals surface area contributed by atoms with Gasteiger partial charge in [0.15, 0.2) is 0 Å². The molecule has 9 nitrogen and oxygen atoms in total. The molecule has 3 aromatic rings. The average molecular weight is 595 g/mol. The number of piperazine rings is 1. The van der Waals surface area contributed by atoms with Crippen molar-refractivity contribution in [2.45, 2.75) is 30.6 Å². The lowest BCUT2D eigenvalue weighted by atomic mass is 9.87. The van der Waals surface area contributed by atoms with E-state index in [1.807, 2.05) is 29.0 Å². The summed E-state index contributed by atoms with van der Waals surface area (Å²) in [4.78, 5) is 27.4. The number of benzene rings is 3. The van der Waals surface area contributed by atoms with Crippen molar-refractivity contribution in [3.63, 3.8) is 0 Å². The van der Waals surface area contributed by atoms with E-state index in [4.69, 9.17) is 11.6 Å². The van der Waals surface area contributed by atoms with Crippen LogP contribution in [0.4, 0.5) is 11.4 Å². The number of nitrogens with one attached hydrogen (secondary N) is 1. The molecule has 0 spiro atoms. The average Bonchev–Trinajstić information content (AvgIpc) is 2.98. The maximum absolute atomic E-state index is 12.7. The van der Waals surface area contributed by atoms with Crippen molar-refractivity contribution in [2.75, 3.05) is 37.6 Å². The van der Waals surface area contributed by atoms with Crippen LogP contribution in [-0.2, 0) is 10.0 Å². The number of nitrogens with zero attached hydrogens (tertiary/aromatic N) is 3. The Bertz CT molecular complexity index is 1570. The van der Waals surface area contributed by atoms with Gasteiger partial charge in [-0.25, -0.2) is 13.1 Å². The number of hydrogen-bond donors (Lipinski definition) is 1. The Morgan fingerprint density at radius 1 is 0.927 bits per heavy atom. The van der Waals surface area contributed by atoms with Crippen LogP contribution < -0.4 is 9.62 Å². The van der Waals surface area contributed by atoms with Crippen LogP contribution in [0.15, 0.2) is 83.3 Å². The lowest BCUT2D eigenvalue weighted by Crippen LogP contribution is -2.47. The number of nitro benzene ring substituents is 1. The van der Waals surface area contributed by atoms with Crippen molar-refractivity contribution in [3.05, 3.63) is 105 Å². The minimum atomic E-state index is -4.27. The van der Waals surface area contributed by atoms with Crippen molar-refractivity contribution in [3.8, 4) is 0 Å². The molecule has 0 unspecified atom stereocenters. The lowest BCUT2D eigenvalue weighted by Gasteiger charge is -2.37. The van der Waals surface area contributed by atoms with Crippen LogP contribution in [0.3, 0.4) is 0 Å². The van der Waals surface area contributed by atoms with Crippen LogP contribution in [-0.4, -0.2) is 56.9 Å². The largest absolute Gasteiger partial charge is 0.369 e. The molecule has 214 valence electrons. The van der Waals surface area contributed by atoms with Crippen LogP contribution >= 0.6 is 11.6 Å². The molecule has 1 N–H and O–H groups in total. The molecule has 0 saturated carbocycles. The third kappa shape index (κ3) is 6.95. The number of hydrogen-bond acceptors (Lipinski definition) is 7. The standard InChI is InChI=1S/C30H31ClN4O5S/c31-25-12-8-22(9-13-25)29-7-2-1-4-24(29)21-33-16-18-34(19-17-33)26-14-10-23(11-15-26)30(36)32-41(39,40)28-6-3-5-27(20-28)35(37)38/h3,5-6,8-15,20H,1-2,4,7,16-19,21H2,(H,32,36). The summed E-state index contributed by atoms with van der Waals surface area (Å²) < 4.78 is 27.2. The number of carbonyl (C=O) groups is 1. The zero-order valence-corrected chi connectivity index (χ0v) is 24.0. The summed E-state index contributed by atoms with van der Waals surface area (Å²) >= 11 is 6.10. The number of sulfonamides is 1. The van der Waals surface area contributed by atoms with Gasteiger partial charge in [-0.05, 0) is 79.3 Å². The normalized spacial score (nSPS) is 16.5. The van der Waals surface area contributed by atoms with Gasteiger partial charge < -0.3 is 4.90 Å². The third-order valence-corrected chi connectivity index (χ3v) is 9.20. The van der Waals surface area contributed by atoms with Crippen molar-refractivity contribution < 1.29 is 18.1 Å². The Balaban J connectivity index is 1.18. The maximum Gasteiger partial charge on any atom is 0.270 e. The molecule has 11 heteroatoms. The quantitative estimate of drug-likeness (QED) is 0.270. The molecule has 1 aliphatic carbocycles. The first-order chi connectivity index (χ1) is 19.7. The summed E-state index contributed by atoms with van der Waals surface area (Å²) in [7, 11) is -4.27. The van der Waals surface area contributed by atoms with E-state index in [0.29, 0.717) is 0 Å². The number of nitro groups is 1. The van der Waals surface area contributed by atoms with Crippen molar-refractivity contribution in [1.29, 1.82) is 0 Å². The first-order valence-corrected chi connectivity index (χ1v) is 15.4. The number of non-ortho nitro benzene ring substituents is 1. The Morgan fingerprint density at radius 3 is 2.29 bits per heavy atom. The first-order valence-electron chi connectivity index (χ1n) is 13.6. The van der Waals surface area contributed by atoms with E-state index in [1.54, 1.807) is 12.1 Å². The van der Waals surface area contributed by atoms with Gasteiger partial charge in [-0.15, -0.1) is 0 Å². The molecule has 0 atom stereocenters. The predicted molar refractivity (Wildman–Crippen MR) is 160 cm³/mol. The molecule has 0 radical (unpaired) electrons. The van der Waals surface area contributed by atoms with Crippen LogP contribution in [0.1, 0.15) is 41.6 Å². The number of anilines is 1. The van der Waals surface area contributed by atoms with Gasteiger partial charge in [0, 0.05) is 61.1 Å². The second-order valence-corrected chi connectivity index (χ2v) is 12.4. The summed E-state index contributed by atoms with van der Waals surface area (Å²) in [6, 6.07) is 19.5. The molecular weight excluding hydrogens is 564 g/mol. The monoisotopic (exact) mass is 594 g/mol. The van der Waals surface area contributed by atoms with Crippen LogP contribution in [0.2, 0.25) is 5.02 Å². The summed E-state index contributed by atoms with van der Waals surface area (Å²) in [5.74, 6) is -0.801. The van der Waals surface area contributed by atoms with Crippen LogP contribution in [0, 0.1) is 10.1 Å². The second-order valence-electron chi connectivity index (χ2n) is 10.3. The molecular formula is C30H31ClN4O5S. The smallest absolute Gasteiger partial charge is 0.270 e. The van der Waals surface area contributed by atoms with Crippen LogP contribution in [0.25, 0.3) is 5.57 Å². The molecule has 5 rings (SSSR count). The highest BCUT2D eigenvalue weighted by molar-refractivity contribution is 7.90. The third-order valence-electron chi connectivity index (χ3n) is 7.62. The number of halogens is 1. The van der Waals surface area contributed by atoms with E-state index < -0.39 is 20.9 Å². The fourth-order valence-corrected chi connectivity index (χ4v) is 6.54. The minimum Gasteiger partial charge on any atom is -0.369 e. The molecule has 3 aromatic carbocycles. The van der Waals surface area contributed by atoms with Gasteiger partial charge in [0.05, 0.1) is 9.82 Å². The number of amides is 1.